The summed E-state index contributed by atoms with van der Waals surface area (Å²) < 4.78 is 38.0. The number of aromatic nitrogens is 2. The number of ether oxygens (including phenoxy) is 1. The van der Waals surface area contributed by atoms with Crippen LogP contribution in [0.5, 0.6) is 0 Å². The molecule has 0 spiro atoms. The van der Waals surface area contributed by atoms with Crippen molar-refractivity contribution in [2.45, 2.75) is 58.5 Å². The first-order valence-electron chi connectivity index (χ1n) is 11.1. The topological polar surface area (TPSA) is 106 Å². The van der Waals surface area contributed by atoms with E-state index in [1.54, 1.807) is 26.0 Å². The molecular weight excluding hydrogens is 432 g/mol. The Morgan fingerprint density at radius 3 is 2.53 bits per heavy atom. The molecule has 9 nitrogen and oxygen atoms in total. The Morgan fingerprint density at radius 2 is 1.91 bits per heavy atom. The average molecular weight is 465 g/mol. The highest BCUT2D eigenvalue weighted by atomic mass is 32.2. The van der Waals surface area contributed by atoms with Crippen LogP contribution < -0.4 is 4.90 Å². The third-order valence-electron chi connectivity index (χ3n) is 5.41. The second-order valence-electron chi connectivity index (χ2n) is 8.24. The molecule has 0 bridgehead atoms. The van der Waals surface area contributed by atoms with Crippen molar-refractivity contribution in [3.8, 4) is 0 Å². The molecule has 1 aromatic heterocycles. The molecule has 1 aliphatic rings. The second-order valence-corrected chi connectivity index (χ2v) is 10.2. The Morgan fingerprint density at radius 1 is 1.22 bits per heavy atom. The number of hydrogen-bond donors (Lipinski definition) is 0. The minimum atomic E-state index is -3.71. The lowest BCUT2D eigenvalue weighted by atomic mass is 10.1. The van der Waals surface area contributed by atoms with Gasteiger partial charge in [0.2, 0.25) is 10.0 Å². The monoisotopic (exact) mass is 464 g/mol. The van der Waals surface area contributed by atoms with Crippen LogP contribution in [-0.2, 0) is 27.8 Å². The van der Waals surface area contributed by atoms with E-state index in [0.717, 1.165) is 25.9 Å². The normalized spacial score (nSPS) is 14.5. The van der Waals surface area contributed by atoms with Gasteiger partial charge >= 0.3 is 5.97 Å². The molecule has 2 aromatic rings. The molecule has 3 rings (SSSR count). The molecule has 0 N–H and O–H groups in total. The first-order chi connectivity index (χ1) is 15.3. The molecule has 1 saturated heterocycles. The fraction of sp³-hybridized carbons (Fsp3) is 0.591. The zero-order valence-electron chi connectivity index (χ0n) is 19.2. The average Bonchev–Trinajstić information content (AvgIpc) is 3.44. The van der Waals surface area contributed by atoms with Gasteiger partial charge in [-0.25, -0.2) is 13.2 Å². The van der Waals surface area contributed by atoms with Crippen molar-refractivity contribution in [2.24, 2.45) is 5.92 Å². The van der Waals surface area contributed by atoms with E-state index in [1.165, 1.54) is 10.4 Å². The van der Waals surface area contributed by atoms with Crippen LogP contribution in [0.4, 0.5) is 5.69 Å². The highest BCUT2D eigenvalue weighted by molar-refractivity contribution is 7.89. The zero-order chi connectivity index (χ0) is 23.3. The van der Waals surface area contributed by atoms with E-state index in [1.807, 2.05) is 0 Å². The lowest BCUT2D eigenvalue weighted by Crippen LogP contribution is -2.31. The minimum absolute atomic E-state index is 0.0770. The fourth-order valence-corrected chi connectivity index (χ4v) is 5.27. The van der Waals surface area contributed by atoms with E-state index >= 15 is 0 Å². The van der Waals surface area contributed by atoms with Gasteiger partial charge in [-0.15, -0.1) is 0 Å². The Kier molecular flexibility index (Phi) is 7.89. The highest BCUT2D eigenvalue weighted by Gasteiger charge is 2.27. The van der Waals surface area contributed by atoms with E-state index in [2.05, 4.69) is 28.9 Å². The Balaban J connectivity index is 1.86. The summed E-state index contributed by atoms with van der Waals surface area (Å²) in [5, 5.41) is 3.90. The Labute approximate surface area is 189 Å². The summed E-state index contributed by atoms with van der Waals surface area (Å²) in [5.41, 5.74) is 0.902. The lowest BCUT2D eigenvalue weighted by Gasteiger charge is -2.23. The number of rotatable bonds is 10. The molecule has 0 saturated carbocycles. The summed E-state index contributed by atoms with van der Waals surface area (Å²) >= 11 is 0. The van der Waals surface area contributed by atoms with Crippen LogP contribution in [0.1, 0.15) is 62.6 Å². The van der Waals surface area contributed by atoms with Crippen molar-refractivity contribution >= 4 is 21.7 Å². The summed E-state index contributed by atoms with van der Waals surface area (Å²) in [6.45, 7) is 9.82. The molecule has 1 aliphatic heterocycles. The molecule has 2 heterocycles. The van der Waals surface area contributed by atoms with Crippen molar-refractivity contribution in [1.82, 2.24) is 14.4 Å². The standard InChI is InChI=1S/C22H32N4O5S/c1-5-26(6-2)32(28,29)17-9-10-19(25-11-7-8-12-25)18(14-17)22(27)30-15-21-23-20(24-31-21)13-16(3)4/h9-10,14,16H,5-8,11-13,15H2,1-4H3. The molecule has 0 radical (unpaired) electrons. The number of nitrogens with zero attached hydrogens (tertiary/aromatic N) is 4. The van der Waals surface area contributed by atoms with Gasteiger partial charge in [-0.1, -0.05) is 32.9 Å². The first kappa shape index (κ1) is 24.2. The van der Waals surface area contributed by atoms with E-state index in [0.29, 0.717) is 36.9 Å². The van der Waals surface area contributed by atoms with Crippen LogP contribution in [-0.4, -0.2) is 55.0 Å². The summed E-state index contributed by atoms with van der Waals surface area (Å²) in [7, 11) is -3.71. The molecule has 1 fully saturated rings. The van der Waals surface area contributed by atoms with Gasteiger partial charge in [-0.3, -0.25) is 0 Å². The molecule has 1 aromatic carbocycles. The number of carbonyl (C=O) groups excluding carboxylic acids is 1. The molecular formula is C22H32N4O5S. The van der Waals surface area contributed by atoms with E-state index < -0.39 is 16.0 Å². The number of anilines is 1. The predicted octanol–water partition coefficient (Wildman–Crippen LogP) is 3.26. The largest absolute Gasteiger partial charge is 0.452 e. The van der Waals surface area contributed by atoms with Gasteiger partial charge in [0, 0.05) is 32.6 Å². The van der Waals surface area contributed by atoms with Crippen LogP contribution in [0.3, 0.4) is 0 Å². The van der Waals surface area contributed by atoms with Crippen molar-refractivity contribution in [3.05, 3.63) is 35.5 Å². The van der Waals surface area contributed by atoms with E-state index in [9.17, 15) is 13.2 Å². The van der Waals surface area contributed by atoms with Gasteiger partial charge in [0.25, 0.3) is 5.89 Å². The maximum Gasteiger partial charge on any atom is 0.340 e. The minimum Gasteiger partial charge on any atom is -0.452 e. The van der Waals surface area contributed by atoms with E-state index in [4.69, 9.17) is 9.26 Å². The second kappa shape index (κ2) is 10.4. The fourth-order valence-electron chi connectivity index (χ4n) is 3.79. The number of esters is 1. The zero-order valence-corrected chi connectivity index (χ0v) is 20.0. The third-order valence-corrected chi connectivity index (χ3v) is 7.45. The summed E-state index contributed by atoms with van der Waals surface area (Å²) in [4.78, 5) is 19.4. The third kappa shape index (κ3) is 5.47. The molecule has 0 unspecified atom stereocenters. The number of benzene rings is 1. The molecule has 32 heavy (non-hydrogen) atoms. The smallest absolute Gasteiger partial charge is 0.340 e. The van der Waals surface area contributed by atoms with Crippen molar-refractivity contribution in [1.29, 1.82) is 0 Å². The van der Waals surface area contributed by atoms with Gasteiger partial charge in [0.05, 0.1) is 16.1 Å². The lowest BCUT2D eigenvalue weighted by molar-refractivity contribution is 0.0430. The summed E-state index contributed by atoms with van der Waals surface area (Å²) in [5.74, 6) is 0.536. The Bertz CT molecular complexity index is 1020. The molecule has 0 aliphatic carbocycles. The number of hydrogen-bond acceptors (Lipinski definition) is 8. The van der Waals surface area contributed by atoms with Crippen LogP contribution in [0, 0.1) is 5.92 Å². The maximum absolute atomic E-state index is 13.0. The molecule has 176 valence electrons. The maximum atomic E-state index is 13.0. The van der Waals surface area contributed by atoms with Gasteiger partial charge < -0.3 is 14.2 Å². The van der Waals surface area contributed by atoms with Crippen LogP contribution in [0.2, 0.25) is 0 Å². The van der Waals surface area contributed by atoms with Crippen LogP contribution in [0.25, 0.3) is 0 Å². The van der Waals surface area contributed by atoms with Crippen molar-refractivity contribution < 1.29 is 22.5 Å². The van der Waals surface area contributed by atoms with Crippen molar-refractivity contribution in [3.63, 3.8) is 0 Å². The quantitative estimate of drug-likeness (QED) is 0.493. The highest BCUT2D eigenvalue weighted by Crippen LogP contribution is 2.29. The van der Waals surface area contributed by atoms with Gasteiger partial charge in [-0.2, -0.15) is 9.29 Å². The number of carbonyl (C=O) groups is 1. The van der Waals surface area contributed by atoms with Crippen molar-refractivity contribution in [2.75, 3.05) is 31.1 Å². The van der Waals surface area contributed by atoms with Crippen LogP contribution >= 0.6 is 0 Å². The number of sulfonamides is 1. The van der Waals surface area contributed by atoms with Gasteiger partial charge in [0.15, 0.2) is 12.4 Å². The van der Waals surface area contributed by atoms with E-state index in [-0.39, 0.29) is 23.0 Å². The first-order valence-corrected chi connectivity index (χ1v) is 12.6. The van der Waals surface area contributed by atoms with Gasteiger partial charge in [0.1, 0.15) is 0 Å². The molecule has 10 heteroatoms. The summed E-state index contributed by atoms with van der Waals surface area (Å²) in [6, 6.07) is 4.68. The molecule has 0 atom stereocenters. The summed E-state index contributed by atoms with van der Waals surface area (Å²) in [6.07, 6.45) is 2.71. The van der Waals surface area contributed by atoms with Crippen LogP contribution in [0.15, 0.2) is 27.6 Å². The van der Waals surface area contributed by atoms with Gasteiger partial charge in [-0.05, 0) is 37.0 Å². The Hall–Kier alpha value is -2.46. The predicted molar refractivity (Wildman–Crippen MR) is 120 cm³/mol. The SMILES string of the molecule is CCN(CC)S(=O)(=O)c1ccc(N2CCCC2)c(C(=O)OCc2nc(CC(C)C)no2)c1. The molecule has 0 amide bonds.